The number of fused-ring (bicyclic) bond motifs is 1. The van der Waals surface area contributed by atoms with Crippen LogP contribution in [0.4, 0.5) is 13.2 Å². The summed E-state index contributed by atoms with van der Waals surface area (Å²) in [5, 5.41) is 0.603. The van der Waals surface area contributed by atoms with Crippen molar-refractivity contribution in [2.24, 2.45) is 5.92 Å². The number of hydrogen-bond acceptors (Lipinski definition) is 4. The van der Waals surface area contributed by atoms with Gasteiger partial charge in [0, 0.05) is 37.0 Å². The number of nitrogens with zero attached hydrogens (tertiary/aromatic N) is 3. The molecule has 1 saturated carbocycles. The minimum absolute atomic E-state index is 0.0521. The third-order valence-electron chi connectivity index (χ3n) is 5.97. The molecule has 1 saturated heterocycles. The first kappa shape index (κ1) is 21.8. The molecule has 0 N–H and O–H groups in total. The van der Waals surface area contributed by atoms with E-state index in [1.54, 1.807) is 18.2 Å². The summed E-state index contributed by atoms with van der Waals surface area (Å²) in [6.07, 6.45) is 3.95. The van der Waals surface area contributed by atoms with Gasteiger partial charge in [0.2, 0.25) is 10.0 Å². The summed E-state index contributed by atoms with van der Waals surface area (Å²) in [4.78, 5) is 4.85. The van der Waals surface area contributed by atoms with Crippen molar-refractivity contribution in [2.45, 2.75) is 48.0 Å². The van der Waals surface area contributed by atoms with Crippen LogP contribution in [0.15, 0.2) is 40.4 Å². The van der Waals surface area contributed by atoms with Crippen LogP contribution in [0.25, 0.3) is 11.0 Å². The van der Waals surface area contributed by atoms with E-state index in [4.69, 9.17) is 0 Å². The zero-order valence-electron chi connectivity index (χ0n) is 17.2. The summed E-state index contributed by atoms with van der Waals surface area (Å²) in [5.74, 6) is -2.51. The highest BCUT2D eigenvalue weighted by Gasteiger charge is 2.29. The lowest BCUT2D eigenvalue weighted by atomic mass is 10.2. The predicted molar refractivity (Wildman–Crippen MR) is 116 cm³/mol. The number of halogens is 3. The number of thioether (sulfide) groups is 1. The lowest BCUT2D eigenvalue weighted by Crippen LogP contribution is -2.27. The van der Waals surface area contributed by atoms with Crippen LogP contribution in [0.1, 0.15) is 31.2 Å². The summed E-state index contributed by atoms with van der Waals surface area (Å²) < 4.78 is 70.3. The van der Waals surface area contributed by atoms with Gasteiger partial charge in [0.15, 0.2) is 16.8 Å². The Labute approximate surface area is 188 Å². The monoisotopic (exact) mass is 481 g/mol. The molecule has 2 aliphatic rings. The Morgan fingerprint density at radius 2 is 1.72 bits per heavy atom. The van der Waals surface area contributed by atoms with Gasteiger partial charge >= 0.3 is 0 Å². The Bertz CT molecular complexity index is 1280. The molecule has 5 nitrogen and oxygen atoms in total. The molecule has 0 spiro atoms. The normalized spacial score (nSPS) is 17.5. The molecule has 3 aromatic rings. The van der Waals surface area contributed by atoms with Gasteiger partial charge in [0.25, 0.3) is 0 Å². The third kappa shape index (κ3) is 4.15. The molecule has 0 amide bonds. The summed E-state index contributed by atoms with van der Waals surface area (Å²) in [5.41, 5.74) is 1.42. The van der Waals surface area contributed by atoms with E-state index < -0.39 is 27.5 Å². The molecule has 10 heteroatoms. The van der Waals surface area contributed by atoms with E-state index in [0.717, 1.165) is 43.8 Å². The van der Waals surface area contributed by atoms with Crippen LogP contribution in [0.2, 0.25) is 0 Å². The van der Waals surface area contributed by atoms with Crippen molar-refractivity contribution in [1.29, 1.82) is 0 Å². The van der Waals surface area contributed by atoms with Crippen molar-refractivity contribution in [3.8, 4) is 0 Å². The smallest absolute Gasteiger partial charge is 0.243 e. The Morgan fingerprint density at radius 1 is 1.00 bits per heavy atom. The summed E-state index contributed by atoms with van der Waals surface area (Å²) in [6, 6.07) is 6.40. The lowest BCUT2D eigenvalue weighted by molar-refractivity contribution is 0.477. The fraction of sp³-hybridized carbons (Fsp3) is 0.409. The van der Waals surface area contributed by atoms with Gasteiger partial charge in [0.05, 0.1) is 15.9 Å². The highest BCUT2D eigenvalue weighted by molar-refractivity contribution is 7.98. The minimum atomic E-state index is -3.56. The van der Waals surface area contributed by atoms with Gasteiger partial charge in [0.1, 0.15) is 5.82 Å². The molecule has 0 atom stereocenters. The largest absolute Gasteiger partial charge is 0.319 e. The number of benzene rings is 2. The second-order valence-corrected chi connectivity index (χ2v) is 11.2. The zero-order chi connectivity index (χ0) is 22.5. The van der Waals surface area contributed by atoms with Crippen molar-refractivity contribution >= 4 is 32.8 Å². The van der Waals surface area contributed by atoms with Gasteiger partial charge in [-0.1, -0.05) is 11.8 Å². The maximum atomic E-state index is 14.1. The molecule has 0 unspecified atom stereocenters. The number of hydrogen-bond donors (Lipinski definition) is 0. The van der Waals surface area contributed by atoms with Crippen LogP contribution in [0.5, 0.6) is 0 Å². The van der Waals surface area contributed by atoms with Crippen molar-refractivity contribution < 1.29 is 21.6 Å². The first-order chi connectivity index (χ1) is 15.3. The Kier molecular flexibility index (Phi) is 5.71. The molecule has 32 heavy (non-hydrogen) atoms. The molecular formula is C22H22F3N3O2S2. The van der Waals surface area contributed by atoms with E-state index in [2.05, 4.69) is 4.98 Å². The van der Waals surface area contributed by atoms with Gasteiger partial charge in [-0.2, -0.15) is 4.31 Å². The average Bonchev–Trinajstić information content (AvgIpc) is 3.27. The fourth-order valence-corrected chi connectivity index (χ4v) is 6.52. The summed E-state index contributed by atoms with van der Waals surface area (Å²) in [6.45, 7) is 1.78. The maximum absolute atomic E-state index is 14.1. The van der Waals surface area contributed by atoms with Crippen LogP contribution in [0, 0.1) is 23.4 Å². The SMILES string of the molecule is O=S(=O)(c1ccc2c(c1)nc(SCc1cc(F)c(F)cc1F)n2CC1CC1)N1CCCC1. The quantitative estimate of drug-likeness (QED) is 0.354. The van der Waals surface area contributed by atoms with Crippen molar-refractivity contribution in [1.82, 2.24) is 13.9 Å². The van der Waals surface area contributed by atoms with Crippen LogP contribution in [0.3, 0.4) is 0 Å². The summed E-state index contributed by atoms with van der Waals surface area (Å²) >= 11 is 1.23. The van der Waals surface area contributed by atoms with Gasteiger partial charge in [-0.05, 0) is 55.9 Å². The van der Waals surface area contributed by atoms with Gasteiger partial charge in [-0.3, -0.25) is 0 Å². The molecule has 2 aromatic carbocycles. The van der Waals surface area contributed by atoms with Crippen LogP contribution in [-0.4, -0.2) is 35.4 Å². The second-order valence-electron chi connectivity index (χ2n) is 8.36. The average molecular weight is 482 g/mol. The first-order valence-electron chi connectivity index (χ1n) is 10.6. The molecule has 1 aromatic heterocycles. The Balaban J connectivity index is 1.48. The van der Waals surface area contributed by atoms with Gasteiger partial charge in [-0.15, -0.1) is 0 Å². The molecular weight excluding hydrogens is 459 g/mol. The van der Waals surface area contributed by atoms with E-state index in [1.165, 1.54) is 16.1 Å². The number of aromatic nitrogens is 2. The Morgan fingerprint density at radius 3 is 2.44 bits per heavy atom. The molecule has 0 radical (unpaired) electrons. The molecule has 1 aliphatic carbocycles. The molecule has 2 fully saturated rings. The predicted octanol–water partition coefficient (Wildman–Crippen LogP) is 4.94. The standard InChI is InChI=1S/C22H22F3N3O2S2/c23-17-11-19(25)18(24)9-15(17)13-31-22-26-20-10-16(32(29,30)27-7-1-2-8-27)5-6-21(20)28(22)12-14-3-4-14/h5-6,9-11,14H,1-4,7-8,12-13H2. The number of sulfonamides is 1. The van der Waals surface area contributed by atoms with E-state index in [-0.39, 0.29) is 16.2 Å². The van der Waals surface area contributed by atoms with Gasteiger partial charge in [-0.25, -0.2) is 26.6 Å². The highest BCUT2D eigenvalue weighted by atomic mass is 32.2. The van der Waals surface area contributed by atoms with Crippen LogP contribution < -0.4 is 0 Å². The Hall–Kier alpha value is -2.04. The minimum Gasteiger partial charge on any atom is -0.319 e. The third-order valence-corrected chi connectivity index (χ3v) is 8.89. The van der Waals surface area contributed by atoms with E-state index >= 15 is 0 Å². The van der Waals surface area contributed by atoms with Crippen molar-refractivity contribution in [3.05, 3.63) is 53.3 Å². The zero-order valence-corrected chi connectivity index (χ0v) is 18.9. The van der Waals surface area contributed by atoms with Crippen molar-refractivity contribution in [3.63, 3.8) is 0 Å². The van der Waals surface area contributed by atoms with E-state index in [1.807, 2.05) is 4.57 Å². The number of imidazole rings is 1. The first-order valence-corrected chi connectivity index (χ1v) is 13.0. The fourth-order valence-electron chi connectivity index (χ4n) is 3.99. The molecule has 170 valence electrons. The van der Waals surface area contributed by atoms with E-state index in [9.17, 15) is 21.6 Å². The second kappa shape index (κ2) is 8.39. The maximum Gasteiger partial charge on any atom is 0.243 e. The highest BCUT2D eigenvalue weighted by Crippen LogP contribution is 2.36. The van der Waals surface area contributed by atoms with Crippen LogP contribution in [-0.2, 0) is 22.3 Å². The van der Waals surface area contributed by atoms with Crippen molar-refractivity contribution in [2.75, 3.05) is 13.1 Å². The topological polar surface area (TPSA) is 55.2 Å². The van der Waals surface area contributed by atoms with E-state index in [0.29, 0.717) is 35.7 Å². The lowest BCUT2D eigenvalue weighted by Gasteiger charge is -2.15. The molecule has 1 aliphatic heterocycles. The number of rotatable bonds is 7. The van der Waals surface area contributed by atoms with Gasteiger partial charge < -0.3 is 4.57 Å². The molecule has 2 heterocycles. The summed E-state index contributed by atoms with van der Waals surface area (Å²) in [7, 11) is -3.56. The molecule has 5 rings (SSSR count). The molecule has 0 bridgehead atoms. The van der Waals surface area contributed by atoms with Crippen LogP contribution >= 0.6 is 11.8 Å².